The Morgan fingerprint density at radius 3 is 2.15 bits per heavy atom. The number of rotatable bonds is 7. The molecule has 0 radical (unpaired) electrons. The second kappa shape index (κ2) is 10.8. The predicted octanol–water partition coefficient (Wildman–Crippen LogP) is 6.47. The number of halogens is 2. The molecular formula is C25H23Cl2N3O2S. The average Bonchev–Trinajstić information content (AvgIpc) is 3.23. The Balaban J connectivity index is 2.04. The van der Waals surface area contributed by atoms with Gasteiger partial charge in [-0.2, -0.15) is 5.26 Å². The van der Waals surface area contributed by atoms with E-state index in [2.05, 4.69) is 5.32 Å². The monoisotopic (exact) mass is 499 g/mol. The number of benzene rings is 2. The van der Waals surface area contributed by atoms with Crippen molar-refractivity contribution in [1.29, 1.82) is 5.26 Å². The normalized spacial score (nSPS) is 11.7. The Kier molecular flexibility index (Phi) is 8.15. The topological polar surface area (TPSA) is 73.2 Å². The van der Waals surface area contributed by atoms with Crippen LogP contribution in [0.15, 0.2) is 54.6 Å². The summed E-state index contributed by atoms with van der Waals surface area (Å²) in [6.07, 6.45) is 2.22. The number of nitrogens with one attached hydrogen (secondary N) is 1. The Bertz CT molecular complexity index is 1150. The van der Waals surface area contributed by atoms with Crippen LogP contribution in [-0.2, 0) is 4.79 Å². The Hall–Kier alpha value is -2.85. The number of carbonyl (C=O) groups is 2. The lowest BCUT2D eigenvalue weighted by Crippen LogP contribution is -2.46. The first-order valence-electron chi connectivity index (χ1n) is 10.3. The Morgan fingerprint density at radius 2 is 1.61 bits per heavy atom. The summed E-state index contributed by atoms with van der Waals surface area (Å²) in [4.78, 5) is 28.0. The minimum Gasteiger partial charge on any atom is -0.339 e. The summed E-state index contributed by atoms with van der Waals surface area (Å²) in [6, 6.07) is 15.8. The van der Waals surface area contributed by atoms with Gasteiger partial charge in [-0.05, 0) is 30.5 Å². The minimum absolute atomic E-state index is 0.145. The summed E-state index contributed by atoms with van der Waals surface area (Å²) in [5.74, 6) is -0.697. The quantitative estimate of drug-likeness (QED) is 0.298. The molecule has 1 N–H and O–H groups in total. The number of nitrogens with zero attached hydrogens (tertiary/aromatic N) is 2. The van der Waals surface area contributed by atoms with E-state index in [4.69, 9.17) is 28.5 Å². The van der Waals surface area contributed by atoms with Crippen LogP contribution in [-0.4, -0.2) is 29.8 Å². The van der Waals surface area contributed by atoms with Crippen LogP contribution in [0.3, 0.4) is 0 Å². The molecule has 0 fully saturated rings. The van der Waals surface area contributed by atoms with Gasteiger partial charge in [0.2, 0.25) is 0 Å². The molecule has 8 heteroatoms. The van der Waals surface area contributed by atoms with E-state index in [9.17, 15) is 9.59 Å². The molecule has 2 amide bonds. The van der Waals surface area contributed by atoms with E-state index in [1.54, 1.807) is 24.4 Å². The highest BCUT2D eigenvalue weighted by Crippen LogP contribution is 2.44. The summed E-state index contributed by atoms with van der Waals surface area (Å²) in [5.41, 5.74) is 2.35. The Labute approximate surface area is 207 Å². The van der Waals surface area contributed by atoms with Gasteiger partial charge in [-0.1, -0.05) is 73.4 Å². The molecule has 0 saturated carbocycles. The number of hydrogen-bond donors (Lipinski definition) is 1. The highest BCUT2D eigenvalue weighted by atomic mass is 35.5. The van der Waals surface area contributed by atoms with Crippen LogP contribution in [0.5, 0.6) is 0 Å². The molecule has 1 heterocycles. The zero-order chi connectivity index (χ0) is 24.1. The summed E-state index contributed by atoms with van der Waals surface area (Å²) < 4.78 is 0. The van der Waals surface area contributed by atoms with Crippen LogP contribution in [0.25, 0.3) is 21.6 Å². The molecule has 3 aromatic rings. The molecule has 0 spiro atoms. The molecule has 33 heavy (non-hydrogen) atoms. The third-order valence-corrected chi connectivity index (χ3v) is 6.86. The third-order valence-electron chi connectivity index (χ3n) is 5.03. The number of hydrogen-bond acceptors (Lipinski definition) is 4. The van der Waals surface area contributed by atoms with Crippen molar-refractivity contribution in [3.63, 3.8) is 0 Å². The van der Waals surface area contributed by atoms with Gasteiger partial charge in [0.15, 0.2) is 6.19 Å². The van der Waals surface area contributed by atoms with Crippen molar-refractivity contribution in [3.05, 3.63) is 69.5 Å². The fraction of sp³-hybridized carbons (Fsp3) is 0.240. The lowest BCUT2D eigenvalue weighted by Gasteiger charge is -2.21. The van der Waals surface area contributed by atoms with Crippen molar-refractivity contribution in [2.24, 2.45) is 5.92 Å². The van der Waals surface area contributed by atoms with Gasteiger partial charge in [-0.15, -0.1) is 11.3 Å². The second-order valence-corrected chi connectivity index (χ2v) is 9.83. The van der Waals surface area contributed by atoms with E-state index in [1.807, 2.05) is 50.2 Å². The minimum atomic E-state index is -0.809. The van der Waals surface area contributed by atoms with E-state index in [1.165, 1.54) is 18.4 Å². The van der Waals surface area contributed by atoms with Crippen molar-refractivity contribution in [3.8, 4) is 27.8 Å². The molecule has 2 aromatic carbocycles. The molecule has 170 valence electrons. The molecule has 0 aliphatic carbocycles. The molecule has 1 atom stereocenters. The van der Waals surface area contributed by atoms with Gasteiger partial charge in [0.05, 0.1) is 4.88 Å². The lowest BCUT2D eigenvalue weighted by atomic mass is 10.0. The molecular weight excluding hydrogens is 477 g/mol. The van der Waals surface area contributed by atoms with Crippen LogP contribution in [0.2, 0.25) is 10.0 Å². The maximum atomic E-state index is 13.2. The summed E-state index contributed by atoms with van der Waals surface area (Å²) in [6.45, 7) is 3.91. The summed E-state index contributed by atoms with van der Waals surface area (Å²) in [7, 11) is 1.39. The average molecular weight is 500 g/mol. The smallest absolute Gasteiger partial charge is 0.262 e. The number of carbonyl (C=O) groups excluding carboxylic acids is 2. The second-order valence-electron chi connectivity index (χ2n) is 7.97. The zero-order valence-corrected chi connectivity index (χ0v) is 20.8. The number of amides is 2. The first kappa shape index (κ1) is 24.8. The number of thiophene rings is 1. The van der Waals surface area contributed by atoms with Crippen molar-refractivity contribution < 1.29 is 9.59 Å². The Morgan fingerprint density at radius 1 is 1.03 bits per heavy atom. The molecule has 1 aromatic heterocycles. The lowest BCUT2D eigenvalue weighted by molar-refractivity contribution is -0.129. The van der Waals surface area contributed by atoms with E-state index >= 15 is 0 Å². The van der Waals surface area contributed by atoms with Gasteiger partial charge in [0.25, 0.3) is 11.8 Å². The van der Waals surface area contributed by atoms with Crippen molar-refractivity contribution in [2.45, 2.75) is 26.3 Å². The maximum absolute atomic E-state index is 13.2. The van der Waals surface area contributed by atoms with Gasteiger partial charge < -0.3 is 5.32 Å². The highest BCUT2D eigenvalue weighted by molar-refractivity contribution is 7.18. The van der Waals surface area contributed by atoms with Gasteiger partial charge in [0.1, 0.15) is 6.04 Å². The highest BCUT2D eigenvalue weighted by Gasteiger charge is 2.27. The van der Waals surface area contributed by atoms with Crippen molar-refractivity contribution >= 4 is 46.4 Å². The molecule has 3 rings (SSSR count). The molecule has 0 saturated heterocycles. The standard InChI is InChI=1S/C25H23Cl2N3O2S/c1-15(2)12-21(25(32)30(3)14-28)29-24(31)22-13-18(16-8-4-6-10-19(16)26)23(33-22)17-9-5-7-11-20(17)27/h4-11,13,15,21H,12H2,1-3H3,(H,29,31)/t21-/m0/s1. The fourth-order valence-corrected chi connectivity index (χ4v) is 5.07. The molecule has 0 aliphatic heterocycles. The molecule has 0 unspecified atom stereocenters. The van der Waals surface area contributed by atoms with E-state index < -0.39 is 17.9 Å². The van der Waals surface area contributed by atoms with Crippen LogP contribution in [0.4, 0.5) is 0 Å². The predicted molar refractivity (Wildman–Crippen MR) is 134 cm³/mol. The van der Waals surface area contributed by atoms with Crippen LogP contribution >= 0.6 is 34.5 Å². The largest absolute Gasteiger partial charge is 0.339 e. The van der Waals surface area contributed by atoms with Crippen LogP contribution in [0, 0.1) is 17.4 Å². The number of nitriles is 1. The maximum Gasteiger partial charge on any atom is 0.262 e. The molecule has 5 nitrogen and oxygen atoms in total. The van der Waals surface area contributed by atoms with E-state index in [0.717, 1.165) is 26.5 Å². The third kappa shape index (κ3) is 5.75. The first-order valence-corrected chi connectivity index (χ1v) is 11.9. The van der Waals surface area contributed by atoms with Gasteiger partial charge in [-0.3, -0.25) is 14.5 Å². The first-order chi connectivity index (χ1) is 15.7. The number of likely N-dealkylation sites (N-methyl/N-ethyl adjacent to an activating group) is 1. The summed E-state index contributed by atoms with van der Waals surface area (Å²) >= 11 is 14.2. The SMILES string of the molecule is CC(C)C[C@H](NC(=O)c1cc(-c2ccccc2Cl)c(-c2ccccc2Cl)s1)C(=O)N(C)C#N. The van der Waals surface area contributed by atoms with Gasteiger partial charge >= 0.3 is 0 Å². The molecule has 0 bridgehead atoms. The zero-order valence-electron chi connectivity index (χ0n) is 18.4. The fourth-order valence-electron chi connectivity index (χ4n) is 3.43. The van der Waals surface area contributed by atoms with Crippen molar-refractivity contribution in [2.75, 3.05) is 7.05 Å². The van der Waals surface area contributed by atoms with Gasteiger partial charge in [-0.25, -0.2) is 0 Å². The van der Waals surface area contributed by atoms with Crippen LogP contribution in [0.1, 0.15) is 29.9 Å². The van der Waals surface area contributed by atoms with Crippen molar-refractivity contribution in [1.82, 2.24) is 10.2 Å². The van der Waals surface area contributed by atoms with Gasteiger partial charge in [0, 0.05) is 38.7 Å². The van der Waals surface area contributed by atoms with Crippen LogP contribution < -0.4 is 5.32 Å². The van der Waals surface area contributed by atoms with E-state index in [-0.39, 0.29) is 5.92 Å². The summed E-state index contributed by atoms with van der Waals surface area (Å²) in [5, 5.41) is 13.0. The molecule has 0 aliphatic rings. The van der Waals surface area contributed by atoms with E-state index in [0.29, 0.717) is 21.3 Å².